The van der Waals surface area contributed by atoms with Gasteiger partial charge in [0.05, 0.1) is 12.7 Å². The summed E-state index contributed by atoms with van der Waals surface area (Å²) >= 11 is 0. The third-order valence-electron chi connectivity index (χ3n) is 7.59. The lowest BCUT2D eigenvalue weighted by molar-refractivity contribution is -0.182. The van der Waals surface area contributed by atoms with Crippen molar-refractivity contribution in [1.29, 1.82) is 0 Å². The average molecular weight is 609 g/mol. The van der Waals surface area contributed by atoms with Crippen molar-refractivity contribution < 1.29 is 27.5 Å². The molecule has 2 N–H and O–H groups in total. The van der Waals surface area contributed by atoms with Crippen LogP contribution in [0.4, 0.5) is 13.2 Å². The summed E-state index contributed by atoms with van der Waals surface area (Å²) in [6.45, 7) is 7.52. The Morgan fingerprint density at radius 2 is 1.55 bits per heavy atom. The van der Waals surface area contributed by atoms with Crippen LogP contribution in [0.1, 0.15) is 64.2 Å². The van der Waals surface area contributed by atoms with Crippen LogP contribution in [-0.4, -0.2) is 48.6 Å². The minimum Gasteiger partial charge on any atom is -0.459 e. The van der Waals surface area contributed by atoms with E-state index in [1.807, 2.05) is 75.5 Å². The number of aromatic amines is 1. The van der Waals surface area contributed by atoms with Crippen molar-refractivity contribution in [2.45, 2.75) is 77.2 Å². The molecular weight excluding hydrogens is 573 g/mol. The van der Waals surface area contributed by atoms with E-state index >= 15 is 0 Å². The van der Waals surface area contributed by atoms with Crippen LogP contribution in [0.2, 0.25) is 0 Å². The van der Waals surface area contributed by atoms with E-state index in [4.69, 9.17) is 4.74 Å². The molecule has 5 rings (SSSR count). The number of benzene rings is 2. The molecule has 2 aromatic heterocycles. The van der Waals surface area contributed by atoms with Gasteiger partial charge in [-0.05, 0) is 69.2 Å². The van der Waals surface area contributed by atoms with E-state index in [0.717, 1.165) is 41.7 Å². The molecule has 232 valence electrons. The Kier molecular flexibility index (Phi) is 8.13. The van der Waals surface area contributed by atoms with E-state index in [1.54, 1.807) is 10.9 Å². The molecule has 0 spiro atoms. The van der Waals surface area contributed by atoms with Gasteiger partial charge in [0, 0.05) is 17.7 Å². The van der Waals surface area contributed by atoms with Gasteiger partial charge >= 0.3 is 12.1 Å². The average Bonchev–Trinajstić information content (AvgIpc) is 3.36. The van der Waals surface area contributed by atoms with Crippen molar-refractivity contribution in [3.63, 3.8) is 0 Å². The number of aromatic nitrogens is 5. The molecule has 0 aliphatic heterocycles. The van der Waals surface area contributed by atoms with Crippen molar-refractivity contribution in [3.05, 3.63) is 78.1 Å². The number of esters is 1. The second kappa shape index (κ2) is 11.5. The molecule has 1 saturated carbocycles. The summed E-state index contributed by atoms with van der Waals surface area (Å²) in [5.41, 5.74) is 2.23. The Morgan fingerprint density at radius 1 is 0.955 bits per heavy atom. The van der Waals surface area contributed by atoms with Crippen LogP contribution in [0.25, 0.3) is 22.3 Å². The molecule has 44 heavy (non-hydrogen) atoms. The molecular formula is C32H35F3N6O3. The Balaban J connectivity index is 1.13. The summed E-state index contributed by atoms with van der Waals surface area (Å²) in [6.07, 6.45) is -0.266. The lowest BCUT2D eigenvalue weighted by Gasteiger charge is -2.24. The van der Waals surface area contributed by atoms with Crippen molar-refractivity contribution in [2.24, 2.45) is 5.92 Å². The summed E-state index contributed by atoms with van der Waals surface area (Å²) in [5, 5.41) is 13.2. The van der Waals surface area contributed by atoms with Gasteiger partial charge in [-0.15, -0.1) is 0 Å². The largest absolute Gasteiger partial charge is 0.459 e. The topological polar surface area (TPSA) is 115 Å². The minimum absolute atomic E-state index is 0.0253. The minimum atomic E-state index is -4.49. The summed E-state index contributed by atoms with van der Waals surface area (Å²) < 4.78 is 46.7. The maximum Gasteiger partial charge on any atom is 0.401 e. The number of nitrogens with one attached hydrogen (secondary N) is 2. The molecule has 9 nitrogen and oxygen atoms in total. The van der Waals surface area contributed by atoms with Crippen molar-refractivity contribution in [2.75, 3.05) is 0 Å². The zero-order chi connectivity index (χ0) is 31.9. The first-order valence-electron chi connectivity index (χ1n) is 14.3. The fourth-order valence-corrected chi connectivity index (χ4v) is 4.82. The van der Waals surface area contributed by atoms with Crippen molar-refractivity contribution in [1.82, 2.24) is 30.3 Å². The van der Waals surface area contributed by atoms with Gasteiger partial charge < -0.3 is 10.1 Å². The first-order chi connectivity index (χ1) is 20.6. The summed E-state index contributed by atoms with van der Waals surface area (Å²) in [6, 6.07) is 16.1. The zero-order valence-corrected chi connectivity index (χ0v) is 25.2. The number of ether oxygens (including phenoxy) is 1. The van der Waals surface area contributed by atoms with Crippen molar-refractivity contribution >= 4 is 11.9 Å². The smallest absolute Gasteiger partial charge is 0.401 e. The quantitative estimate of drug-likeness (QED) is 0.228. The highest BCUT2D eigenvalue weighted by atomic mass is 19.4. The predicted octanol–water partition coefficient (Wildman–Crippen LogP) is 5.94. The number of hydrogen-bond acceptors (Lipinski definition) is 6. The molecule has 12 heteroatoms. The number of H-pyrrole nitrogens is 1. The normalized spacial score (nSPS) is 16.9. The number of amides is 1. The van der Waals surface area contributed by atoms with Crippen LogP contribution < -0.4 is 5.32 Å². The summed E-state index contributed by atoms with van der Waals surface area (Å²) in [7, 11) is 0. The molecule has 1 aliphatic carbocycles. The highest BCUT2D eigenvalue weighted by Gasteiger charge is 2.51. The number of alkyl halides is 3. The zero-order valence-electron chi connectivity index (χ0n) is 25.2. The van der Waals surface area contributed by atoms with E-state index in [0.29, 0.717) is 6.42 Å². The van der Waals surface area contributed by atoms with Crippen LogP contribution in [0, 0.1) is 5.92 Å². The van der Waals surface area contributed by atoms with E-state index in [1.165, 1.54) is 0 Å². The van der Waals surface area contributed by atoms with E-state index in [-0.39, 0.29) is 48.5 Å². The molecule has 0 saturated heterocycles. The number of nitrogens with zero attached hydrogens (tertiary/aromatic N) is 4. The highest BCUT2D eigenvalue weighted by molar-refractivity contribution is 5.83. The third-order valence-corrected chi connectivity index (χ3v) is 7.59. The molecule has 0 radical (unpaired) electrons. The number of hydrogen-bond donors (Lipinski definition) is 2. The van der Waals surface area contributed by atoms with Gasteiger partial charge in [-0.2, -0.15) is 23.4 Å². The van der Waals surface area contributed by atoms with E-state index in [9.17, 15) is 22.8 Å². The van der Waals surface area contributed by atoms with Gasteiger partial charge in [-0.25, -0.2) is 4.98 Å². The SMILES string of the molecule is CC(C)(C)OC(=O)Cn1cc(-c2ccc(-c3ccc([C@H]4C[C@@H]4C(=O)NCc4nc(C(C)(C)C(F)(F)F)n[nH]4)cc3)cc2)cn1. The maximum absolute atomic E-state index is 13.3. The Labute approximate surface area is 253 Å². The predicted molar refractivity (Wildman–Crippen MR) is 157 cm³/mol. The molecule has 1 aliphatic rings. The molecule has 2 atom stereocenters. The number of halogens is 3. The Hall–Kier alpha value is -4.48. The Morgan fingerprint density at radius 3 is 2.14 bits per heavy atom. The molecule has 2 aromatic carbocycles. The summed E-state index contributed by atoms with van der Waals surface area (Å²) in [5.74, 6) is -0.825. The first kappa shape index (κ1) is 31.0. The lowest BCUT2D eigenvalue weighted by atomic mass is 9.92. The number of carbonyl (C=O) groups excluding carboxylic acids is 2. The van der Waals surface area contributed by atoms with Gasteiger partial charge in [0.1, 0.15) is 23.4 Å². The molecule has 0 unspecified atom stereocenters. The highest BCUT2D eigenvalue weighted by Crippen LogP contribution is 2.48. The van der Waals surface area contributed by atoms with Crippen LogP contribution in [0.15, 0.2) is 60.9 Å². The fourth-order valence-electron chi connectivity index (χ4n) is 4.82. The monoisotopic (exact) mass is 608 g/mol. The number of rotatable bonds is 9. The van der Waals surface area contributed by atoms with Gasteiger partial charge in [0.25, 0.3) is 0 Å². The second-order valence-corrected chi connectivity index (χ2v) is 12.6. The molecule has 2 heterocycles. The van der Waals surface area contributed by atoms with Crippen LogP contribution >= 0.6 is 0 Å². The summed E-state index contributed by atoms with van der Waals surface area (Å²) in [4.78, 5) is 28.7. The second-order valence-electron chi connectivity index (χ2n) is 12.6. The van der Waals surface area contributed by atoms with Crippen LogP contribution in [0.3, 0.4) is 0 Å². The Bertz CT molecular complexity index is 1630. The van der Waals surface area contributed by atoms with Crippen LogP contribution in [-0.2, 0) is 32.8 Å². The third kappa shape index (κ3) is 7.00. The van der Waals surface area contributed by atoms with Gasteiger partial charge in [-0.1, -0.05) is 48.5 Å². The van der Waals surface area contributed by atoms with E-state index in [2.05, 4.69) is 25.6 Å². The standard InChI is InChI=1S/C32H35F3N6O3/c1-30(2,3)44-27(42)18-41-17-23(15-37-41)21-8-6-19(7-9-21)20-10-12-22(13-11-20)24-14-25(24)28(43)36-16-26-38-29(40-39-26)31(4,5)32(33,34)35/h6-13,15,17,24-25H,14,16,18H2,1-5H3,(H,36,43)(H,38,39,40)/t24-,25+/m1/s1. The first-order valence-corrected chi connectivity index (χ1v) is 14.3. The fraction of sp³-hybridized carbons (Fsp3) is 0.406. The maximum atomic E-state index is 13.3. The lowest BCUT2D eigenvalue weighted by Crippen LogP contribution is -2.37. The molecule has 0 bridgehead atoms. The van der Waals surface area contributed by atoms with Crippen molar-refractivity contribution in [3.8, 4) is 22.3 Å². The van der Waals surface area contributed by atoms with Gasteiger partial charge in [0.2, 0.25) is 5.91 Å². The van der Waals surface area contributed by atoms with Gasteiger partial charge in [0.15, 0.2) is 5.82 Å². The van der Waals surface area contributed by atoms with E-state index < -0.39 is 17.2 Å². The number of carbonyl (C=O) groups is 2. The molecule has 4 aromatic rings. The molecule has 1 fully saturated rings. The van der Waals surface area contributed by atoms with Gasteiger partial charge in [-0.3, -0.25) is 19.4 Å². The van der Waals surface area contributed by atoms with Crippen LogP contribution in [0.5, 0.6) is 0 Å². The molecule has 1 amide bonds.